The van der Waals surface area contributed by atoms with Crippen LogP contribution in [0.3, 0.4) is 0 Å². The van der Waals surface area contributed by atoms with Crippen LogP contribution in [0.5, 0.6) is 0 Å². The summed E-state index contributed by atoms with van der Waals surface area (Å²) in [5, 5.41) is 12.1. The molecule has 1 atom stereocenters. The van der Waals surface area contributed by atoms with Gasteiger partial charge in [-0.2, -0.15) is 0 Å². The maximum absolute atomic E-state index is 12.5. The number of carbonyl (C=O) groups excluding carboxylic acids is 1. The second kappa shape index (κ2) is 6.89. The molecule has 0 bridgehead atoms. The molecule has 1 fully saturated rings. The molecular formula is C17H25N3O3. The standard InChI is InChI=1S/C17H25N3O3/c1-11-8-14(19(3)4)9-12(2)15(11)18-17(23)20-7-5-6-13(10-20)16(21)22/h8-9,13H,5-7,10H2,1-4H3,(H,18,23)(H,21,22). The third-order valence-electron chi connectivity index (χ3n) is 4.32. The number of benzene rings is 1. The number of urea groups is 1. The van der Waals surface area contributed by atoms with Gasteiger partial charge in [-0.1, -0.05) is 0 Å². The molecule has 6 nitrogen and oxygen atoms in total. The van der Waals surface area contributed by atoms with Gasteiger partial charge >= 0.3 is 12.0 Å². The lowest BCUT2D eigenvalue weighted by molar-refractivity contribution is -0.143. The van der Waals surface area contributed by atoms with Gasteiger partial charge in [0.1, 0.15) is 0 Å². The zero-order valence-corrected chi connectivity index (χ0v) is 14.2. The summed E-state index contributed by atoms with van der Waals surface area (Å²) < 4.78 is 0. The van der Waals surface area contributed by atoms with E-state index in [9.17, 15) is 9.59 Å². The molecule has 0 saturated carbocycles. The van der Waals surface area contributed by atoms with Crippen molar-refractivity contribution < 1.29 is 14.7 Å². The van der Waals surface area contributed by atoms with E-state index in [4.69, 9.17) is 5.11 Å². The normalized spacial score (nSPS) is 17.7. The number of carbonyl (C=O) groups is 2. The second-order valence-corrected chi connectivity index (χ2v) is 6.40. The number of aliphatic carboxylic acids is 1. The van der Waals surface area contributed by atoms with Gasteiger partial charge < -0.3 is 20.2 Å². The Bertz CT molecular complexity index is 590. The molecule has 1 unspecified atom stereocenters. The first-order valence-electron chi connectivity index (χ1n) is 7.87. The van der Waals surface area contributed by atoms with Crippen molar-refractivity contribution in [3.8, 4) is 0 Å². The quantitative estimate of drug-likeness (QED) is 0.898. The maximum atomic E-state index is 12.5. The molecule has 126 valence electrons. The summed E-state index contributed by atoms with van der Waals surface area (Å²) in [7, 11) is 3.96. The van der Waals surface area contributed by atoms with E-state index in [2.05, 4.69) is 5.32 Å². The molecule has 2 N–H and O–H groups in total. The van der Waals surface area contributed by atoms with Crippen LogP contribution in [0.1, 0.15) is 24.0 Å². The van der Waals surface area contributed by atoms with Crippen molar-refractivity contribution in [3.05, 3.63) is 23.3 Å². The summed E-state index contributed by atoms with van der Waals surface area (Å²) >= 11 is 0. The van der Waals surface area contributed by atoms with Crippen LogP contribution in [0.4, 0.5) is 16.2 Å². The predicted octanol–water partition coefficient (Wildman–Crippen LogP) is 2.70. The van der Waals surface area contributed by atoms with Crippen molar-refractivity contribution in [2.45, 2.75) is 26.7 Å². The largest absolute Gasteiger partial charge is 0.481 e. The number of nitrogens with zero attached hydrogens (tertiary/aromatic N) is 2. The number of aryl methyl sites for hydroxylation is 2. The van der Waals surface area contributed by atoms with Gasteiger partial charge in [0.05, 0.1) is 5.92 Å². The number of anilines is 2. The van der Waals surface area contributed by atoms with E-state index in [1.54, 1.807) is 4.90 Å². The summed E-state index contributed by atoms with van der Waals surface area (Å²) in [4.78, 5) is 27.2. The van der Waals surface area contributed by atoms with Crippen LogP contribution < -0.4 is 10.2 Å². The van der Waals surface area contributed by atoms with Gasteiger partial charge in [0, 0.05) is 38.6 Å². The highest BCUT2D eigenvalue weighted by molar-refractivity contribution is 5.92. The number of likely N-dealkylation sites (tertiary alicyclic amines) is 1. The summed E-state index contributed by atoms with van der Waals surface area (Å²) in [5.41, 5.74) is 3.88. The molecular weight excluding hydrogens is 294 g/mol. The van der Waals surface area contributed by atoms with E-state index in [0.29, 0.717) is 13.0 Å². The number of carboxylic acid groups (broad SMARTS) is 1. The number of hydrogen-bond acceptors (Lipinski definition) is 3. The monoisotopic (exact) mass is 319 g/mol. The van der Waals surface area contributed by atoms with Crippen molar-refractivity contribution >= 4 is 23.4 Å². The Morgan fingerprint density at radius 3 is 2.39 bits per heavy atom. The third-order valence-corrected chi connectivity index (χ3v) is 4.32. The highest BCUT2D eigenvalue weighted by atomic mass is 16.4. The highest BCUT2D eigenvalue weighted by Crippen LogP contribution is 2.27. The van der Waals surface area contributed by atoms with E-state index < -0.39 is 11.9 Å². The van der Waals surface area contributed by atoms with Crippen molar-refractivity contribution in [2.75, 3.05) is 37.4 Å². The Kier molecular flexibility index (Phi) is 5.13. The number of hydrogen-bond donors (Lipinski definition) is 2. The minimum Gasteiger partial charge on any atom is -0.481 e. The molecule has 0 radical (unpaired) electrons. The van der Waals surface area contributed by atoms with Crippen LogP contribution in [0.25, 0.3) is 0 Å². The SMILES string of the molecule is Cc1cc(N(C)C)cc(C)c1NC(=O)N1CCCC(C(=O)O)C1. The van der Waals surface area contributed by atoms with Gasteiger partial charge in [-0.3, -0.25) is 4.79 Å². The van der Waals surface area contributed by atoms with Gasteiger partial charge in [0.15, 0.2) is 0 Å². The molecule has 0 spiro atoms. The maximum Gasteiger partial charge on any atom is 0.321 e. The molecule has 6 heteroatoms. The smallest absolute Gasteiger partial charge is 0.321 e. The molecule has 23 heavy (non-hydrogen) atoms. The van der Waals surface area contributed by atoms with Gasteiger partial charge in [-0.25, -0.2) is 4.79 Å². The summed E-state index contributed by atoms with van der Waals surface area (Å²) in [6.45, 7) is 4.80. The summed E-state index contributed by atoms with van der Waals surface area (Å²) in [6.07, 6.45) is 1.36. The number of carboxylic acids is 1. The van der Waals surface area contributed by atoms with Crippen LogP contribution >= 0.6 is 0 Å². The molecule has 2 rings (SSSR count). The number of piperidine rings is 1. The van der Waals surface area contributed by atoms with Crippen LogP contribution in [0.15, 0.2) is 12.1 Å². The first kappa shape index (κ1) is 17.1. The minimum atomic E-state index is -0.829. The highest BCUT2D eigenvalue weighted by Gasteiger charge is 2.28. The fourth-order valence-corrected chi connectivity index (χ4v) is 2.95. The van der Waals surface area contributed by atoms with Gasteiger partial charge in [0.25, 0.3) is 0 Å². The van der Waals surface area contributed by atoms with Crippen LogP contribution in [-0.2, 0) is 4.79 Å². The molecule has 0 aliphatic carbocycles. The Hall–Kier alpha value is -2.24. The Labute approximate surface area is 137 Å². The molecule has 0 aromatic heterocycles. The van der Waals surface area contributed by atoms with Crippen LogP contribution in [-0.4, -0.2) is 49.2 Å². The number of nitrogens with one attached hydrogen (secondary N) is 1. The zero-order chi connectivity index (χ0) is 17.1. The first-order chi connectivity index (χ1) is 10.8. The Morgan fingerprint density at radius 1 is 1.26 bits per heavy atom. The second-order valence-electron chi connectivity index (χ2n) is 6.40. The fourth-order valence-electron chi connectivity index (χ4n) is 2.95. The Balaban J connectivity index is 2.12. The molecule has 1 saturated heterocycles. The van der Waals surface area contributed by atoms with Crippen LogP contribution in [0.2, 0.25) is 0 Å². The molecule has 1 aromatic rings. The topological polar surface area (TPSA) is 72.9 Å². The molecule has 1 aliphatic rings. The van der Waals surface area contributed by atoms with Crippen molar-refractivity contribution in [1.29, 1.82) is 0 Å². The van der Waals surface area contributed by atoms with E-state index in [-0.39, 0.29) is 12.6 Å². The van der Waals surface area contributed by atoms with Gasteiger partial charge in [0.2, 0.25) is 0 Å². The molecule has 2 amide bonds. The van der Waals surface area contributed by atoms with Crippen molar-refractivity contribution in [2.24, 2.45) is 5.92 Å². The Morgan fingerprint density at radius 2 is 1.87 bits per heavy atom. The average Bonchev–Trinajstić information content (AvgIpc) is 2.50. The number of amides is 2. The minimum absolute atomic E-state index is 0.222. The first-order valence-corrected chi connectivity index (χ1v) is 7.87. The fraction of sp³-hybridized carbons (Fsp3) is 0.529. The van der Waals surface area contributed by atoms with E-state index in [0.717, 1.165) is 28.9 Å². The van der Waals surface area contributed by atoms with Gasteiger partial charge in [-0.15, -0.1) is 0 Å². The summed E-state index contributed by atoms with van der Waals surface area (Å²) in [6, 6.07) is 3.83. The lowest BCUT2D eigenvalue weighted by Crippen LogP contribution is -2.44. The lowest BCUT2D eigenvalue weighted by Gasteiger charge is -2.31. The van der Waals surface area contributed by atoms with E-state index in [1.165, 1.54) is 0 Å². The zero-order valence-electron chi connectivity index (χ0n) is 14.2. The van der Waals surface area contributed by atoms with Crippen molar-refractivity contribution in [3.63, 3.8) is 0 Å². The van der Waals surface area contributed by atoms with E-state index in [1.807, 2.05) is 45.0 Å². The van der Waals surface area contributed by atoms with E-state index >= 15 is 0 Å². The molecule has 1 aromatic carbocycles. The van der Waals surface area contributed by atoms with Gasteiger partial charge in [-0.05, 0) is 49.9 Å². The van der Waals surface area contributed by atoms with Crippen LogP contribution in [0, 0.1) is 19.8 Å². The predicted molar refractivity (Wildman–Crippen MR) is 91.2 cm³/mol. The summed E-state index contributed by atoms with van der Waals surface area (Å²) in [5.74, 6) is -1.29. The number of rotatable bonds is 3. The molecule has 1 heterocycles. The average molecular weight is 319 g/mol. The molecule has 1 aliphatic heterocycles. The third kappa shape index (κ3) is 3.94. The van der Waals surface area contributed by atoms with Crippen molar-refractivity contribution in [1.82, 2.24) is 4.90 Å². The lowest BCUT2D eigenvalue weighted by atomic mass is 9.98.